The van der Waals surface area contributed by atoms with Gasteiger partial charge in [-0.15, -0.1) is 0 Å². The Morgan fingerprint density at radius 1 is 1.08 bits per heavy atom. The maximum Gasteiger partial charge on any atom is 0.270 e. The molecule has 1 N–H and O–H groups in total. The molecule has 0 saturated carbocycles. The second-order valence-corrected chi connectivity index (χ2v) is 5.47. The third-order valence-electron chi connectivity index (χ3n) is 3.43. The number of rotatable bonds is 6. The fourth-order valence-corrected chi connectivity index (χ4v) is 2.24. The quantitative estimate of drug-likeness (QED) is 0.638. The van der Waals surface area contributed by atoms with Crippen molar-refractivity contribution in [1.29, 1.82) is 0 Å². The minimum absolute atomic E-state index is 0.118. The summed E-state index contributed by atoms with van der Waals surface area (Å²) in [7, 11) is 3.71. The van der Waals surface area contributed by atoms with E-state index >= 15 is 0 Å². The lowest BCUT2D eigenvalue weighted by molar-refractivity contribution is -0.385. The molecule has 9 heteroatoms. The first kappa shape index (κ1) is 17.3. The maximum absolute atomic E-state index is 12.3. The van der Waals surface area contributed by atoms with Gasteiger partial charge in [0.1, 0.15) is 0 Å². The van der Waals surface area contributed by atoms with Gasteiger partial charge in [-0.2, -0.15) is 0 Å². The summed E-state index contributed by atoms with van der Waals surface area (Å²) in [5.74, 6) is -0.459. The Hall–Kier alpha value is -3.07. The summed E-state index contributed by atoms with van der Waals surface area (Å²) in [6.07, 6.45) is 0. The molecule has 2 aromatic rings. The van der Waals surface area contributed by atoms with Crippen molar-refractivity contribution in [2.45, 2.75) is 0 Å². The van der Waals surface area contributed by atoms with Crippen molar-refractivity contribution < 1.29 is 14.6 Å². The van der Waals surface area contributed by atoms with E-state index < -0.39 is 15.8 Å². The van der Waals surface area contributed by atoms with Gasteiger partial charge in [0.05, 0.1) is 15.4 Å². The molecule has 0 aliphatic rings. The zero-order valence-corrected chi connectivity index (χ0v) is 13.2. The topological polar surface area (TPSA) is 119 Å². The van der Waals surface area contributed by atoms with Crippen LogP contribution in [0, 0.1) is 20.2 Å². The van der Waals surface area contributed by atoms with Crippen LogP contribution in [0.2, 0.25) is 0 Å². The molecule has 126 valence electrons. The highest BCUT2D eigenvalue weighted by atomic mass is 16.6. The molecule has 9 nitrogen and oxygen atoms in total. The maximum atomic E-state index is 12.3. The lowest BCUT2D eigenvalue weighted by atomic mass is 10.0. The number of nitro groups is 2. The molecule has 1 amide bonds. The van der Waals surface area contributed by atoms with E-state index in [-0.39, 0.29) is 22.3 Å². The third-order valence-corrected chi connectivity index (χ3v) is 3.43. The van der Waals surface area contributed by atoms with Gasteiger partial charge >= 0.3 is 0 Å². The summed E-state index contributed by atoms with van der Waals surface area (Å²) >= 11 is 0. The lowest BCUT2D eigenvalue weighted by Crippen LogP contribution is -2.31. The Morgan fingerprint density at radius 3 is 2.29 bits per heavy atom. The smallest absolute Gasteiger partial charge is 0.270 e. The summed E-state index contributed by atoms with van der Waals surface area (Å²) in [6.45, 7) is 0.993. The normalized spacial score (nSPS) is 10.8. The van der Waals surface area contributed by atoms with Crippen LogP contribution in [0.15, 0.2) is 30.3 Å². The first-order chi connectivity index (χ1) is 11.3. The average molecular weight is 332 g/mol. The lowest BCUT2D eigenvalue weighted by Gasteiger charge is -2.11. The molecule has 24 heavy (non-hydrogen) atoms. The summed E-state index contributed by atoms with van der Waals surface area (Å²) in [4.78, 5) is 35.0. The molecule has 2 aromatic carbocycles. The van der Waals surface area contributed by atoms with Gasteiger partial charge in [0.15, 0.2) is 0 Å². The number of hydrogen-bond acceptors (Lipinski definition) is 6. The first-order valence-electron chi connectivity index (χ1n) is 7.09. The van der Waals surface area contributed by atoms with E-state index in [1.807, 2.05) is 19.0 Å². The zero-order valence-electron chi connectivity index (χ0n) is 13.2. The highest BCUT2D eigenvalue weighted by molar-refractivity contribution is 6.08. The van der Waals surface area contributed by atoms with Gasteiger partial charge in [0.2, 0.25) is 0 Å². The van der Waals surface area contributed by atoms with Crippen LogP contribution in [0.25, 0.3) is 10.8 Å². The minimum atomic E-state index is -0.630. The molecule has 0 saturated heterocycles. The number of carbonyl (C=O) groups excluding carboxylic acids is 1. The summed E-state index contributed by atoms with van der Waals surface area (Å²) in [5.41, 5.74) is -0.365. The number of fused-ring (bicyclic) bond motifs is 1. The molecule has 0 bridgehead atoms. The Bertz CT molecular complexity index is 814. The van der Waals surface area contributed by atoms with E-state index in [1.54, 1.807) is 0 Å². The number of amides is 1. The fourth-order valence-electron chi connectivity index (χ4n) is 2.24. The number of nitrogens with one attached hydrogen (secondary N) is 1. The number of likely N-dealkylation sites (N-methyl/N-ethyl adjacent to an activating group) is 1. The van der Waals surface area contributed by atoms with Crippen molar-refractivity contribution in [3.05, 3.63) is 56.1 Å². The Labute approximate surface area is 137 Å². The molecule has 0 spiro atoms. The minimum Gasteiger partial charge on any atom is -0.351 e. The van der Waals surface area contributed by atoms with Gasteiger partial charge in [-0.3, -0.25) is 25.0 Å². The van der Waals surface area contributed by atoms with Crippen LogP contribution in [-0.2, 0) is 0 Å². The van der Waals surface area contributed by atoms with Crippen LogP contribution in [0.1, 0.15) is 10.4 Å². The fraction of sp³-hybridized carbons (Fsp3) is 0.267. The van der Waals surface area contributed by atoms with Crippen LogP contribution in [0.4, 0.5) is 11.4 Å². The van der Waals surface area contributed by atoms with Crippen molar-refractivity contribution in [1.82, 2.24) is 10.2 Å². The van der Waals surface area contributed by atoms with Crippen LogP contribution >= 0.6 is 0 Å². The van der Waals surface area contributed by atoms with E-state index in [0.717, 1.165) is 0 Å². The average Bonchev–Trinajstić information content (AvgIpc) is 2.52. The zero-order chi connectivity index (χ0) is 17.9. The highest BCUT2D eigenvalue weighted by Crippen LogP contribution is 2.28. The number of nitro benzene ring substituents is 2. The predicted octanol–water partition coefficient (Wildman–Crippen LogP) is 1.95. The molecular formula is C15H16N4O5. The largest absolute Gasteiger partial charge is 0.351 e. The van der Waals surface area contributed by atoms with Crippen LogP contribution in [0.3, 0.4) is 0 Å². The number of non-ortho nitro benzene ring substituents is 2. The third kappa shape index (κ3) is 3.82. The van der Waals surface area contributed by atoms with E-state index in [1.165, 1.54) is 30.3 Å². The van der Waals surface area contributed by atoms with Gasteiger partial charge in [-0.05, 0) is 30.9 Å². The van der Waals surface area contributed by atoms with Crippen molar-refractivity contribution in [3.8, 4) is 0 Å². The van der Waals surface area contributed by atoms with E-state index in [4.69, 9.17) is 0 Å². The summed E-state index contributed by atoms with van der Waals surface area (Å²) in [6, 6.07) is 6.32. The SMILES string of the molecule is CN(C)CCNC(=O)c1cc([N+](=O)[O-])cc2cc([N+](=O)[O-])ccc12. The number of benzene rings is 2. The van der Waals surface area contributed by atoms with Gasteiger partial charge in [0, 0.05) is 37.4 Å². The van der Waals surface area contributed by atoms with Crippen molar-refractivity contribution >= 4 is 28.1 Å². The van der Waals surface area contributed by atoms with Crippen molar-refractivity contribution in [3.63, 3.8) is 0 Å². The molecule has 0 aromatic heterocycles. The second kappa shape index (κ2) is 7.01. The standard InChI is InChI=1S/C15H16N4O5/c1-17(2)6-5-16-15(20)14-9-12(19(23)24)8-10-7-11(18(21)22)3-4-13(10)14/h3-4,7-9H,5-6H2,1-2H3,(H,16,20). The van der Waals surface area contributed by atoms with Gasteiger partial charge < -0.3 is 10.2 Å². The monoisotopic (exact) mass is 332 g/mol. The van der Waals surface area contributed by atoms with Crippen molar-refractivity contribution in [2.24, 2.45) is 0 Å². The Balaban J connectivity index is 2.48. The molecular weight excluding hydrogens is 316 g/mol. The number of hydrogen-bond donors (Lipinski definition) is 1. The molecule has 0 atom stereocenters. The van der Waals surface area contributed by atoms with Crippen LogP contribution in [-0.4, -0.2) is 47.8 Å². The van der Waals surface area contributed by atoms with E-state index in [2.05, 4.69) is 5.32 Å². The predicted molar refractivity (Wildman–Crippen MR) is 88.1 cm³/mol. The molecule has 0 unspecified atom stereocenters. The molecule has 0 aliphatic carbocycles. The van der Waals surface area contributed by atoms with Crippen molar-refractivity contribution in [2.75, 3.05) is 27.2 Å². The van der Waals surface area contributed by atoms with E-state index in [0.29, 0.717) is 18.5 Å². The van der Waals surface area contributed by atoms with Gasteiger partial charge in [-0.25, -0.2) is 0 Å². The first-order valence-corrected chi connectivity index (χ1v) is 7.09. The highest BCUT2D eigenvalue weighted by Gasteiger charge is 2.18. The molecule has 0 radical (unpaired) electrons. The number of nitrogens with zero attached hydrogens (tertiary/aromatic N) is 3. The molecule has 0 fully saturated rings. The Kier molecular flexibility index (Phi) is 5.05. The molecule has 2 rings (SSSR count). The molecule has 0 heterocycles. The van der Waals surface area contributed by atoms with Crippen LogP contribution in [0.5, 0.6) is 0 Å². The van der Waals surface area contributed by atoms with Gasteiger partial charge in [-0.1, -0.05) is 0 Å². The van der Waals surface area contributed by atoms with Gasteiger partial charge in [0.25, 0.3) is 17.3 Å². The Morgan fingerprint density at radius 2 is 1.71 bits per heavy atom. The van der Waals surface area contributed by atoms with Crippen LogP contribution < -0.4 is 5.32 Å². The van der Waals surface area contributed by atoms with E-state index in [9.17, 15) is 25.0 Å². The number of carbonyl (C=O) groups is 1. The second-order valence-electron chi connectivity index (χ2n) is 5.47. The summed E-state index contributed by atoms with van der Waals surface area (Å²) in [5, 5.41) is 25.3. The summed E-state index contributed by atoms with van der Waals surface area (Å²) < 4.78 is 0. The molecule has 0 aliphatic heterocycles.